The molecular formula is C14H23NO2. The number of aliphatic hydroxyl groups is 1. The lowest BCUT2D eigenvalue weighted by Crippen LogP contribution is -2.35. The number of amides is 1. The first kappa shape index (κ1) is 14.0. The molecule has 1 rings (SSSR count). The number of aliphatic hydroxyl groups excluding tert-OH is 1. The first-order valence-electron chi connectivity index (χ1n) is 6.28. The van der Waals surface area contributed by atoms with E-state index in [4.69, 9.17) is 0 Å². The largest absolute Gasteiger partial charge is 0.393 e. The van der Waals surface area contributed by atoms with Crippen LogP contribution in [0.15, 0.2) is 25.3 Å². The van der Waals surface area contributed by atoms with Crippen LogP contribution in [0.5, 0.6) is 0 Å². The van der Waals surface area contributed by atoms with E-state index >= 15 is 0 Å². The van der Waals surface area contributed by atoms with Crippen molar-refractivity contribution < 1.29 is 9.90 Å². The van der Waals surface area contributed by atoms with Crippen LogP contribution in [0.4, 0.5) is 0 Å². The summed E-state index contributed by atoms with van der Waals surface area (Å²) < 4.78 is 0. The van der Waals surface area contributed by atoms with E-state index in [0.717, 1.165) is 13.0 Å². The molecule has 1 N–H and O–H groups in total. The predicted octanol–water partition coefficient (Wildman–Crippen LogP) is 1.98. The topological polar surface area (TPSA) is 40.5 Å². The minimum Gasteiger partial charge on any atom is -0.393 e. The minimum atomic E-state index is -0.329. The average Bonchev–Trinajstić information content (AvgIpc) is 2.77. The fraction of sp³-hybridized carbons (Fsp3) is 0.643. The zero-order valence-corrected chi connectivity index (χ0v) is 10.6. The van der Waals surface area contributed by atoms with Crippen LogP contribution in [0.2, 0.25) is 0 Å². The van der Waals surface area contributed by atoms with E-state index < -0.39 is 0 Å². The van der Waals surface area contributed by atoms with Crippen molar-refractivity contribution in [3.8, 4) is 0 Å². The SMILES string of the molecule is C=CCC(CC=C)C(=O)N1CCC(C(C)O)C1. The highest BCUT2D eigenvalue weighted by atomic mass is 16.3. The van der Waals surface area contributed by atoms with Crippen LogP contribution < -0.4 is 0 Å². The van der Waals surface area contributed by atoms with Crippen LogP contribution in [0, 0.1) is 11.8 Å². The van der Waals surface area contributed by atoms with E-state index in [2.05, 4.69) is 13.2 Å². The lowest BCUT2D eigenvalue weighted by Gasteiger charge is -2.22. The highest BCUT2D eigenvalue weighted by Gasteiger charge is 2.31. The monoisotopic (exact) mass is 237 g/mol. The maximum atomic E-state index is 12.2. The van der Waals surface area contributed by atoms with Crippen molar-refractivity contribution in [3.63, 3.8) is 0 Å². The lowest BCUT2D eigenvalue weighted by atomic mass is 9.99. The highest BCUT2D eigenvalue weighted by Crippen LogP contribution is 2.23. The van der Waals surface area contributed by atoms with Crippen LogP contribution in [0.25, 0.3) is 0 Å². The second kappa shape index (κ2) is 6.60. The van der Waals surface area contributed by atoms with Crippen LogP contribution in [-0.4, -0.2) is 35.1 Å². The number of hydrogen-bond donors (Lipinski definition) is 1. The smallest absolute Gasteiger partial charge is 0.226 e. The highest BCUT2D eigenvalue weighted by molar-refractivity contribution is 5.79. The van der Waals surface area contributed by atoms with Crippen molar-refractivity contribution in [3.05, 3.63) is 25.3 Å². The van der Waals surface area contributed by atoms with Gasteiger partial charge in [0, 0.05) is 24.9 Å². The van der Waals surface area contributed by atoms with Gasteiger partial charge in [0.2, 0.25) is 5.91 Å². The average molecular weight is 237 g/mol. The molecule has 96 valence electrons. The molecule has 0 aromatic carbocycles. The first-order chi connectivity index (χ1) is 8.10. The Kier molecular flexibility index (Phi) is 5.42. The molecule has 1 aliphatic rings. The second-order valence-corrected chi connectivity index (χ2v) is 4.82. The Hall–Kier alpha value is -1.09. The Morgan fingerprint density at radius 3 is 2.47 bits per heavy atom. The predicted molar refractivity (Wildman–Crippen MR) is 69.5 cm³/mol. The van der Waals surface area contributed by atoms with Crippen molar-refractivity contribution in [2.45, 2.75) is 32.3 Å². The molecule has 17 heavy (non-hydrogen) atoms. The Morgan fingerprint density at radius 2 is 2.06 bits per heavy atom. The molecule has 0 aromatic heterocycles. The van der Waals surface area contributed by atoms with Gasteiger partial charge in [-0.15, -0.1) is 13.2 Å². The van der Waals surface area contributed by atoms with E-state index in [-0.39, 0.29) is 23.8 Å². The summed E-state index contributed by atoms with van der Waals surface area (Å²) in [5, 5.41) is 9.53. The van der Waals surface area contributed by atoms with Gasteiger partial charge < -0.3 is 10.0 Å². The maximum absolute atomic E-state index is 12.2. The molecule has 1 aliphatic heterocycles. The summed E-state index contributed by atoms with van der Waals surface area (Å²) in [6.07, 6.45) is 5.53. The number of allylic oxidation sites excluding steroid dienone is 2. The van der Waals surface area contributed by atoms with E-state index in [1.54, 1.807) is 19.1 Å². The Morgan fingerprint density at radius 1 is 1.47 bits per heavy atom. The molecule has 2 unspecified atom stereocenters. The molecule has 0 radical (unpaired) electrons. The van der Waals surface area contributed by atoms with Gasteiger partial charge in [-0.1, -0.05) is 12.2 Å². The Bertz CT molecular complexity index is 276. The molecule has 0 bridgehead atoms. The molecule has 1 amide bonds. The summed E-state index contributed by atoms with van der Waals surface area (Å²) in [7, 11) is 0. The summed E-state index contributed by atoms with van der Waals surface area (Å²) in [5.41, 5.74) is 0. The second-order valence-electron chi connectivity index (χ2n) is 4.82. The summed E-state index contributed by atoms with van der Waals surface area (Å²) in [6.45, 7) is 10.6. The van der Waals surface area contributed by atoms with Crippen LogP contribution in [0.3, 0.4) is 0 Å². The van der Waals surface area contributed by atoms with E-state index in [9.17, 15) is 9.90 Å². The number of nitrogens with zero attached hydrogens (tertiary/aromatic N) is 1. The molecule has 1 fully saturated rings. The number of likely N-dealkylation sites (tertiary alicyclic amines) is 1. The lowest BCUT2D eigenvalue weighted by molar-refractivity contribution is -0.134. The normalized spacial score (nSPS) is 21.6. The van der Waals surface area contributed by atoms with Gasteiger partial charge in [0.25, 0.3) is 0 Å². The van der Waals surface area contributed by atoms with E-state index in [1.807, 2.05) is 4.90 Å². The van der Waals surface area contributed by atoms with Crippen molar-refractivity contribution in [2.75, 3.05) is 13.1 Å². The summed E-state index contributed by atoms with van der Waals surface area (Å²) >= 11 is 0. The number of carbonyl (C=O) groups excluding carboxylic acids is 1. The third kappa shape index (κ3) is 3.70. The van der Waals surface area contributed by atoms with Crippen LogP contribution in [-0.2, 0) is 4.79 Å². The first-order valence-corrected chi connectivity index (χ1v) is 6.28. The summed E-state index contributed by atoms with van der Waals surface area (Å²) in [6, 6.07) is 0. The van der Waals surface area contributed by atoms with Crippen LogP contribution in [0.1, 0.15) is 26.2 Å². The van der Waals surface area contributed by atoms with E-state index in [0.29, 0.717) is 19.4 Å². The van der Waals surface area contributed by atoms with Gasteiger partial charge in [-0.25, -0.2) is 0 Å². The zero-order valence-electron chi connectivity index (χ0n) is 10.6. The molecule has 0 aliphatic carbocycles. The van der Waals surface area contributed by atoms with Gasteiger partial charge >= 0.3 is 0 Å². The fourth-order valence-electron chi connectivity index (χ4n) is 2.34. The van der Waals surface area contributed by atoms with Gasteiger partial charge in [0.1, 0.15) is 0 Å². The maximum Gasteiger partial charge on any atom is 0.226 e. The van der Waals surface area contributed by atoms with Crippen molar-refractivity contribution >= 4 is 5.91 Å². The summed E-state index contributed by atoms with van der Waals surface area (Å²) in [5.74, 6) is 0.373. The molecule has 1 heterocycles. The zero-order chi connectivity index (χ0) is 12.8. The van der Waals surface area contributed by atoms with E-state index in [1.165, 1.54) is 0 Å². The molecule has 3 heteroatoms. The molecule has 1 saturated heterocycles. The van der Waals surface area contributed by atoms with Crippen molar-refractivity contribution in [2.24, 2.45) is 11.8 Å². The standard InChI is InChI=1S/C14H23NO2/c1-4-6-12(7-5-2)14(17)15-9-8-13(10-15)11(3)16/h4-5,11-13,16H,1-2,6-10H2,3H3. The molecule has 0 aromatic rings. The Balaban J connectivity index is 2.56. The third-order valence-electron chi connectivity index (χ3n) is 3.47. The molecule has 0 saturated carbocycles. The molecular weight excluding hydrogens is 214 g/mol. The third-order valence-corrected chi connectivity index (χ3v) is 3.47. The quantitative estimate of drug-likeness (QED) is 0.718. The minimum absolute atomic E-state index is 0.0299. The Labute approximate surface area is 104 Å². The number of hydrogen-bond acceptors (Lipinski definition) is 2. The van der Waals surface area contributed by atoms with Gasteiger partial charge in [0.15, 0.2) is 0 Å². The van der Waals surface area contributed by atoms with Gasteiger partial charge in [-0.3, -0.25) is 4.79 Å². The number of rotatable bonds is 6. The van der Waals surface area contributed by atoms with Crippen molar-refractivity contribution in [1.82, 2.24) is 4.90 Å². The van der Waals surface area contributed by atoms with Crippen LogP contribution >= 0.6 is 0 Å². The van der Waals surface area contributed by atoms with Gasteiger partial charge in [0.05, 0.1) is 6.10 Å². The molecule has 2 atom stereocenters. The summed E-state index contributed by atoms with van der Waals surface area (Å²) in [4.78, 5) is 14.1. The molecule has 3 nitrogen and oxygen atoms in total. The fourth-order valence-corrected chi connectivity index (χ4v) is 2.34. The van der Waals surface area contributed by atoms with Gasteiger partial charge in [-0.05, 0) is 26.2 Å². The molecule has 0 spiro atoms. The van der Waals surface area contributed by atoms with Gasteiger partial charge in [-0.2, -0.15) is 0 Å². The van der Waals surface area contributed by atoms with Crippen molar-refractivity contribution in [1.29, 1.82) is 0 Å². The number of carbonyl (C=O) groups is 1.